The number of sulfone groups is 1. The summed E-state index contributed by atoms with van der Waals surface area (Å²) in [6.45, 7) is 3.91. The van der Waals surface area contributed by atoms with Crippen molar-refractivity contribution in [2.75, 3.05) is 19.7 Å². The molecule has 3 rings (SSSR count). The van der Waals surface area contributed by atoms with Crippen LogP contribution in [0.15, 0.2) is 53.4 Å². The monoisotopic (exact) mass is 471 g/mol. The van der Waals surface area contributed by atoms with Gasteiger partial charge in [-0.25, -0.2) is 13.9 Å². The molecule has 1 saturated heterocycles. The Labute approximate surface area is 194 Å². The minimum absolute atomic E-state index is 0.0227. The molecule has 2 N–H and O–H groups in total. The molecule has 0 bridgehead atoms. The number of hydroxylamine groups is 1. The molecule has 0 aliphatic carbocycles. The molecule has 0 unspecified atom stereocenters. The second kappa shape index (κ2) is 10.8. The lowest BCUT2D eigenvalue weighted by Gasteiger charge is -2.39. The van der Waals surface area contributed by atoms with Gasteiger partial charge in [0.1, 0.15) is 5.75 Å². The Bertz CT molecular complexity index is 1080. The van der Waals surface area contributed by atoms with Crippen LogP contribution in [0, 0.1) is 11.3 Å². The Morgan fingerprint density at radius 2 is 1.79 bits per heavy atom. The van der Waals surface area contributed by atoms with Gasteiger partial charge < -0.3 is 4.74 Å². The van der Waals surface area contributed by atoms with Crippen molar-refractivity contribution in [1.29, 1.82) is 5.26 Å². The second-order valence-electron chi connectivity index (χ2n) is 8.20. The number of nitriles is 1. The topological polar surface area (TPSA) is 120 Å². The van der Waals surface area contributed by atoms with E-state index in [1.54, 1.807) is 29.7 Å². The molecule has 0 saturated carbocycles. The van der Waals surface area contributed by atoms with E-state index in [2.05, 4.69) is 17.9 Å². The van der Waals surface area contributed by atoms with Gasteiger partial charge in [0, 0.05) is 19.6 Å². The molecule has 1 aliphatic heterocycles. The SMILES string of the molecule is CCCCOc1ccc(S(=O)(=O)C2(C(=O)NO)CCN(Cc3ccc(C#N)cc3)CC2)cc1. The Morgan fingerprint density at radius 3 is 2.33 bits per heavy atom. The van der Waals surface area contributed by atoms with Crippen LogP contribution < -0.4 is 10.2 Å². The van der Waals surface area contributed by atoms with Crippen LogP contribution in [-0.2, 0) is 21.2 Å². The summed E-state index contributed by atoms with van der Waals surface area (Å²) >= 11 is 0. The van der Waals surface area contributed by atoms with Crippen LogP contribution in [0.4, 0.5) is 0 Å². The minimum Gasteiger partial charge on any atom is -0.494 e. The summed E-state index contributed by atoms with van der Waals surface area (Å²) in [4.78, 5) is 14.8. The molecular formula is C24H29N3O5S. The third-order valence-electron chi connectivity index (χ3n) is 6.08. The summed E-state index contributed by atoms with van der Waals surface area (Å²) in [5.74, 6) is -0.343. The maximum absolute atomic E-state index is 13.6. The van der Waals surface area contributed by atoms with Gasteiger partial charge in [0.15, 0.2) is 14.6 Å². The maximum Gasteiger partial charge on any atom is 0.265 e. The fourth-order valence-electron chi connectivity index (χ4n) is 4.01. The predicted molar refractivity (Wildman–Crippen MR) is 122 cm³/mol. The summed E-state index contributed by atoms with van der Waals surface area (Å²) in [6, 6.07) is 15.4. The van der Waals surface area contributed by atoms with Crippen molar-refractivity contribution in [3.8, 4) is 11.8 Å². The number of amides is 1. The highest BCUT2D eigenvalue weighted by Gasteiger charge is 2.52. The van der Waals surface area contributed by atoms with Gasteiger partial charge in [-0.3, -0.25) is 14.9 Å². The van der Waals surface area contributed by atoms with Crippen LogP contribution >= 0.6 is 0 Å². The summed E-state index contributed by atoms with van der Waals surface area (Å²) in [6.07, 6.45) is 1.99. The zero-order valence-electron chi connectivity index (χ0n) is 18.7. The number of likely N-dealkylation sites (tertiary alicyclic amines) is 1. The molecular weight excluding hydrogens is 442 g/mol. The Morgan fingerprint density at radius 1 is 1.15 bits per heavy atom. The van der Waals surface area contributed by atoms with Crippen LogP contribution in [0.25, 0.3) is 0 Å². The molecule has 33 heavy (non-hydrogen) atoms. The fraction of sp³-hybridized carbons (Fsp3) is 0.417. The van der Waals surface area contributed by atoms with E-state index in [4.69, 9.17) is 10.00 Å². The number of nitrogens with zero attached hydrogens (tertiary/aromatic N) is 2. The second-order valence-corrected chi connectivity index (χ2v) is 10.5. The molecule has 2 aromatic carbocycles. The van der Waals surface area contributed by atoms with Crippen LogP contribution in [0.5, 0.6) is 5.75 Å². The molecule has 0 radical (unpaired) electrons. The Balaban J connectivity index is 1.76. The predicted octanol–water partition coefficient (Wildman–Crippen LogP) is 3.05. The molecule has 0 atom stereocenters. The molecule has 2 aromatic rings. The highest BCUT2D eigenvalue weighted by molar-refractivity contribution is 7.93. The summed E-state index contributed by atoms with van der Waals surface area (Å²) < 4.78 is 31.0. The van der Waals surface area contributed by atoms with Crippen molar-refractivity contribution in [1.82, 2.24) is 10.4 Å². The summed E-state index contributed by atoms with van der Waals surface area (Å²) in [5, 5.41) is 18.3. The average Bonchev–Trinajstić information content (AvgIpc) is 2.85. The third kappa shape index (κ3) is 5.36. The molecule has 1 amide bonds. The number of benzene rings is 2. The van der Waals surface area contributed by atoms with Crippen LogP contribution in [0.3, 0.4) is 0 Å². The van der Waals surface area contributed by atoms with E-state index in [-0.39, 0.29) is 17.7 Å². The van der Waals surface area contributed by atoms with E-state index < -0.39 is 20.5 Å². The van der Waals surface area contributed by atoms with E-state index in [1.807, 2.05) is 12.1 Å². The van der Waals surface area contributed by atoms with Crippen molar-refractivity contribution < 1.29 is 23.2 Å². The number of nitrogens with one attached hydrogen (secondary N) is 1. The molecule has 9 heteroatoms. The normalized spacial score (nSPS) is 16.0. The van der Waals surface area contributed by atoms with Gasteiger partial charge in [0.2, 0.25) is 0 Å². The number of rotatable bonds is 9. The molecule has 1 aliphatic rings. The number of carbonyl (C=O) groups is 1. The van der Waals surface area contributed by atoms with E-state index in [0.717, 1.165) is 18.4 Å². The summed E-state index contributed by atoms with van der Waals surface area (Å²) in [5.41, 5.74) is 3.15. The van der Waals surface area contributed by atoms with Crippen molar-refractivity contribution in [2.24, 2.45) is 0 Å². The Kier molecular flexibility index (Phi) is 8.08. The maximum atomic E-state index is 13.6. The van der Waals surface area contributed by atoms with Gasteiger partial charge in [0.25, 0.3) is 5.91 Å². The van der Waals surface area contributed by atoms with E-state index >= 15 is 0 Å². The fourth-order valence-corrected chi connectivity index (χ4v) is 5.97. The van der Waals surface area contributed by atoms with Gasteiger partial charge in [-0.15, -0.1) is 0 Å². The first-order valence-corrected chi connectivity index (χ1v) is 12.5. The van der Waals surface area contributed by atoms with Gasteiger partial charge in [0.05, 0.1) is 23.1 Å². The van der Waals surface area contributed by atoms with Gasteiger partial charge >= 0.3 is 0 Å². The largest absolute Gasteiger partial charge is 0.494 e. The number of piperidine rings is 1. The van der Waals surface area contributed by atoms with Crippen LogP contribution in [0.1, 0.15) is 43.7 Å². The van der Waals surface area contributed by atoms with E-state index in [0.29, 0.717) is 37.6 Å². The zero-order chi connectivity index (χ0) is 23.9. The quantitative estimate of drug-likeness (QED) is 0.328. The molecule has 8 nitrogen and oxygen atoms in total. The van der Waals surface area contributed by atoms with E-state index in [9.17, 15) is 18.4 Å². The summed E-state index contributed by atoms with van der Waals surface area (Å²) in [7, 11) is -4.07. The number of carbonyl (C=O) groups excluding carboxylic acids is 1. The van der Waals surface area contributed by atoms with Crippen molar-refractivity contribution >= 4 is 15.7 Å². The standard InChI is InChI=1S/C24H29N3O5S/c1-2-3-16-32-21-8-10-22(11-9-21)33(30,31)24(23(28)26-29)12-14-27(15-13-24)18-20-6-4-19(17-25)5-7-20/h4-11,29H,2-3,12-16,18H2,1H3,(H,26,28). The highest BCUT2D eigenvalue weighted by atomic mass is 32.2. The van der Waals surface area contributed by atoms with Gasteiger partial charge in [-0.05, 0) is 61.2 Å². The number of hydrogen-bond acceptors (Lipinski definition) is 7. The average molecular weight is 472 g/mol. The highest BCUT2D eigenvalue weighted by Crippen LogP contribution is 2.37. The lowest BCUT2D eigenvalue weighted by molar-refractivity contribution is -0.133. The van der Waals surface area contributed by atoms with E-state index in [1.165, 1.54) is 12.1 Å². The van der Waals surface area contributed by atoms with Crippen molar-refractivity contribution in [2.45, 2.75) is 48.8 Å². The van der Waals surface area contributed by atoms with Crippen LogP contribution in [0.2, 0.25) is 0 Å². The van der Waals surface area contributed by atoms with Gasteiger partial charge in [-0.2, -0.15) is 5.26 Å². The van der Waals surface area contributed by atoms with Crippen molar-refractivity contribution in [3.63, 3.8) is 0 Å². The lowest BCUT2D eigenvalue weighted by atomic mass is 9.94. The lowest BCUT2D eigenvalue weighted by Crippen LogP contribution is -2.57. The molecule has 1 heterocycles. The number of hydrogen-bond donors (Lipinski definition) is 2. The number of ether oxygens (including phenoxy) is 1. The zero-order valence-corrected chi connectivity index (χ0v) is 19.5. The first-order chi connectivity index (χ1) is 15.9. The molecule has 1 fully saturated rings. The van der Waals surface area contributed by atoms with Gasteiger partial charge in [-0.1, -0.05) is 25.5 Å². The van der Waals surface area contributed by atoms with Crippen LogP contribution in [-0.4, -0.2) is 48.9 Å². The molecule has 0 aromatic heterocycles. The molecule has 0 spiro atoms. The first-order valence-electron chi connectivity index (χ1n) is 11.0. The molecule has 176 valence electrons. The minimum atomic E-state index is -4.07. The Hall–Kier alpha value is -2.93. The third-order valence-corrected chi connectivity index (χ3v) is 8.60. The number of unbranched alkanes of at least 4 members (excludes halogenated alkanes) is 1. The van der Waals surface area contributed by atoms with Crippen molar-refractivity contribution in [3.05, 3.63) is 59.7 Å². The first kappa shape index (κ1) is 24.7. The smallest absolute Gasteiger partial charge is 0.265 e.